The number of nitrogens with one attached hydrogen (secondary N) is 2. The monoisotopic (exact) mass is 442 g/mol. The van der Waals surface area contributed by atoms with Crippen molar-refractivity contribution in [2.45, 2.75) is 25.0 Å². The highest BCUT2D eigenvalue weighted by molar-refractivity contribution is 7.89. The van der Waals surface area contributed by atoms with Gasteiger partial charge in [-0.05, 0) is 42.3 Å². The summed E-state index contributed by atoms with van der Waals surface area (Å²) >= 11 is 0. The second-order valence-electron chi connectivity index (χ2n) is 6.71. The molecule has 1 heterocycles. The molecule has 2 N–H and O–H groups in total. The van der Waals surface area contributed by atoms with Gasteiger partial charge in [-0.1, -0.05) is 36.4 Å². The van der Waals surface area contributed by atoms with Gasteiger partial charge < -0.3 is 14.5 Å². The first kappa shape index (κ1) is 22.3. The molecular formula is C22H22N2O6S. The summed E-state index contributed by atoms with van der Waals surface area (Å²) in [7, 11) is -3.86. The van der Waals surface area contributed by atoms with Crippen molar-refractivity contribution in [3.05, 3.63) is 89.4 Å². The van der Waals surface area contributed by atoms with Gasteiger partial charge in [0.25, 0.3) is 5.91 Å². The number of benzene rings is 2. The zero-order valence-electron chi connectivity index (χ0n) is 16.8. The van der Waals surface area contributed by atoms with E-state index in [2.05, 4.69) is 10.0 Å². The van der Waals surface area contributed by atoms with Crippen LogP contribution >= 0.6 is 0 Å². The first-order valence-electron chi connectivity index (χ1n) is 9.45. The van der Waals surface area contributed by atoms with Crippen LogP contribution in [0, 0.1) is 6.92 Å². The zero-order valence-corrected chi connectivity index (χ0v) is 17.6. The molecule has 0 saturated carbocycles. The summed E-state index contributed by atoms with van der Waals surface area (Å²) < 4.78 is 37.7. The van der Waals surface area contributed by atoms with Crippen molar-refractivity contribution in [3.63, 3.8) is 0 Å². The largest absolute Gasteiger partial charge is 0.468 e. The molecule has 0 aliphatic carbocycles. The average molecular weight is 442 g/mol. The van der Waals surface area contributed by atoms with Gasteiger partial charge in [0.05, 0.1) is 17.7 Å². The third kappa shape index (κ3) is 6.27. The van der Waals surface area contributed by atoms with Crippen molar-refractivity contribution in [1.82, 2.24) is 10.0 Å². The fraction of sp³-hybridized carbons (Fsp3) is 0.182. The highest BCUT2D eigenvalue weighted by Gasteiger charge is 2.19. The van der Waals surface area contributed by atoms with Gasteiger partial charge in [-0.2, -0.15) is 0 Å². The topological polar surface area (TPSA) is 115 Å². The minimum absolute atomic E-state index is 0.0159. The Morgan fingerprint density at radius 2 is 1.81 bits per heavy atom. The SMILES string of the molecule is Cc1ccc(S(=O)(=O)NCc2ccco2)cc1C(=O)NCC(=O)OCc1ccccc1. The second-order valence-corrected chi connectivity index (χ2v) is 8.48. The van der Waals surface area contributed by atoms with Crippen LogP contribution in [-0.2, 0) is 32.7 Å². The van der Waals surface area contributed by atoms with Gasteiger partial charge >= 0.3 is 5.97 Å². The smallest absolute Gasteiger partial charge is 0.325 e. The molecule has 3 rings (SSSR count). The van der Waals surface area contributed by atoms with E-state index < -0.39 is 21.9 Å². The van der Waals surface area contributed by atoms with Crippen LogP contribution in [0.3, 0.4) is 0 Å². The molecule has 0 aliphatic heterocycles. The summed E-state index contributed by atoms with van der Waals surface area (Å²) in [4.78, 5) is 24.4. The molecule has 31 heavy (non-hydrogen) atoms. The average Bonchev–Trinajstić information content (AvgIpc) is 3.29. The summed E-state index contributed by atoms with van der Waals surface area (Å²) in [5, 5.41) is 2.47. The molecule has 0 spiro atoms. The Hall–Kier alpha value is -3.43. The normalized spacial score (nSPS) is 11.1. The maximum atomic E-state index is 12.5. The number of aryl methyl sites for hydroxylation is 1. The van der Waals surface area contributed by atoms with Crippen molar-refractivity contribution >= 4 is 21.9 Å². The van der Waals surface area contributed by atoms with Crippen LogP contribution in [0.25, 0.3) is 0 Å². The van der Waals surface area contributed by atoms with E-state index in [0.717, 1.165) is 5.56 Å². The van der Waals surface area contributed by atoms with Crippen molar-refractivity contribution < 1.29 is 27.2 Å². The van der Waals surface area contributed by atoms with Gasteiger partial charge in [0.15, 0.2) is 0 Å². The number of hydrogen-bond donors (Lipinski definition) is 2. The molecule has 0 saturated heterocycles. The van der Waals surface area contributed by atoms with Crippen molar-refractivity contribution in [2.24, 2.45) is 0 Å². The van der Waals surface area contributed by atoms with Crippen LogP contribution < -0.4 is 10.0 Å². The molecule has 9 heteroatoms. The maximum absolute atomic E-state index is 12.5. The van der Waals surface area contributed by atoms with Gasteiger partial charge in [-0.3, -0.25) is 9.59 Å². The number of carbonyl (C=O) groups excluding carboxylic acids is 2. The summed E-state index contributed by atoms with van der Waals surface area (Å²) in [6, 6.07) is 16.7. The minimum Gasteiger partial charge on any atom is -0.468 e. The zero-order chi connectivity index (χ0) is 22.3. The number of hydrogen-bond acceptors (Lipinski definition) is 6. The van der Waals surface area contributed by atoms with E-state index in [4.69, 9.17) is 9.15 Å². The number of furan rings is 1. The first-order chi connectivity index (χ1) is 14.8. The first-order valence-corrected chi connectivity index (χ1v) is 10.9. The third-order valence-corrected chi connectivity index (χ3v) is 5.82. The molecule has 0 unspecified atom stereocenters. The maximum Gasteiger partial charge on any atom is 0.325 e. The lowest BCUT2D eigenvalue weighted by atomic mass is 10.1. The van der Waals surface area contributed by atoms with Gasteiger partial charge in [-0.25, -0.2) is 13.1 Å². The van der Waals surface area contributed by atoms with Gasteiger partial charge in [0.2, 0.25) is 10.0 Å². The lowest BCUT2D eigenvalue weighted by Gasteiger charge is -2.11. The Bertz CT molecular complexity index is 1140. The summed E-state index contributed by atoms with van der Waals surface area (Å²) in [5.74, 6) is -0.710. The molecule has 0 atom stereocenters. The molecule has 0 radical (unpaired) electrons. The standard InChI is InChI=1S/C22H22N2O6S/c1-16-9-10-19(31(27,28)24-13-18-8-5-11-29-18)12-20(16)22(26)23-14-21(25)30-15-17-6-3-2-4-7-17/h2-12,24H,13-15H2,1H3,(H,23,26). The number of carbonyl (C=O) groups is 2. The van der Waals surface area contributed by atoms with Gasteiger partial charge in [0, 0.05) is 5.56 Å². The second kappa shape index (κ2) is 10.1. The predicted octanol–water partition coefficient (Wildman–Crippen LogP) is 2.54. The number of ether oxygens (including phenoxy) is 1. The molecule has 2 aromatic carbocycles. The highest BCUT2D eigenvalue weighted by Crippen LogP contribution is 2.16. The van der Waals surface area contributed by atoms with E-state index in [-0.39, 0.29) is 30.2 Å². The number of rotatable bonds is 9. The summed E-state index contributed by atoms with van der Waals surface area (Å²) in [6.07, 6.45) is 1.45. The predicted molar refractivity (Wildman–Crippen MR) is 112 cm³/mol. The molecule has 3 aromatic rings. The molecule has 0 aliphatic rings. The van der Waals surface area contributed by atoms with Crippen LogP contribution in [-0.4, -0.2) is 26.8 Å². The molecule has 1 amide bonds. The Balaban J connectivity index is 1.59. The van der Waals surface area contributed by atoms with Crippen LogP contribution in [0.4, 0.5) is 0 Å². The van der Waals surface area contributed by atoms with E-state index in [9.17, 15) is 18.0 Å². The van der Waals surface area contributed by atoms with E-state index in [1.54, 1.807) is 19.1 Å². The van der Waals surface area contributed by atoms with E-state index >= 15 is 0 Å². The lowest BCUT2D eigenvalue weighted by molar-refractivity contribution is -0.143. The highest BCUT2D eigenvalue weighted by atomic mass is 32.2. The third-order valence-electron chi connectivity index (χ3n) is 4.42. The molecule has 1 aromatic heterocycles. The Kier molecular flexibility index (Phi) is 7.22. The van der Waals surface area contributed by atoms with Gasteiger partial charge in [-0.15, -0.1) is 0 Å². The fourth-order valence-electron chi connectivity index (χ4n) is 2.71. The van der Waals surface area contributed by atoms with Crippen LogP contribution in [0.15, 0.2) is 76.2 Å². The lowest BCUT2D eigenvalue weighted by Crippen LogP contribution is -2.31. The minimum atomic E-state index is -3.86. The molecular weight excluding hydrogens is 420 g/mol. The van der Waals surface area contributed by atoms with E-state index in [1.807, 2.05) is 30.3 Å². The quantitative estimate of drug-likeness (QED) is 0.492. The Labute approximate surface area is 180 Å². The van der Waals surface area contributed by atoms with E-state index in [0.29, 0.717) is 11.3 Å². The van der Waals surface area contributed by atoms with Crippen molar-refractivity contribution in [1.29, 1.82) is 0 Å². The van der Waals surface area contributed by atoms with E-state index in [1.165, 1.54) is 24.5 Å². The molecule has 162 valence electrons. The summed E-state index contributed by atoms with van der Waals surface area (Å²) in [6.45, 7) is 1.43. The van der Waals surface area contributed by atoms with Crippen molar-refractivity contribution in [2.75, 3.05) is 6.54 Å². The van der Waals surface area contributed by atoms with Crippen LogP contribution in [0.5, 0.6) is 0 Å². The van der Waals surface area contributed by atoms with Crippen LogP contribution in [0.1, 0.15) is 27.2 Å². The van der Waals surface area contributed by atoms with Crippen molar-refractivity contribution in [3.8, 4) is 0 Å². The fourth-order valence-corrected chi connectivity index (χ4v) is 3.73. The molecule has 0 fully saturated rings. The Morgan fingerprint density at radius 3 is 2.52 bits per heavy atom. The molecule has 0 bridgehead atoms. The summed E-state index contributed by atoms with van der Waals surface area (Å²) in [5.41, 5.74) is 1.55. The Morgan fingerprint density at radius 1 is 1.03 bits per heavy atom. The number of esters is 1. The van der Waals surface area contributed by atoms with Gasteiger partial charge in [0.1, 0.15) is 18.9 Å². The molecule has 8 nitrogen and oxygen atoms in total. The van der Waals surface area contributed by atoms with Crippen LogP contribution in [0.2, 0.25) is 0 Å². The number of sulfonamides is 1. The number of amides is 1.